The molecule has 0 aliphatic carbocycles. The molecule has 1 heterocycles. The van der Waals surface area contributed by atoms with Crippen molar-refractivity contribution in [2.75, 3.05) is 19.6 Å². The van der Waals surface area contributed by atoms with Gasteiger partial charge in [0, 0.05) is 19.1 Å². The van der Waals surface area contributed by atoms with Gasteiger partial charge in [-0.2, -0.15) is 0 Å². The quantitative estimate of drug-likeness (QED) is 0.749. The first-order valence-electron chi connectivity index (χ1n) is 6.11. The van der Waals surface area contributed by atoms with Crippen LogP contribution in [0.15, 0.2) is 0 Å². The Morgan fingerprint density at radius 1 is 1.43 bits per heavy atom. The molecule has 0 amide bonds. The fraction of sp³-hybridized carbons (Fsp3) is 1.00. The molecule has 0 radical (unpaired) electrons. The van der Waals surface area contributed by atoms with Gasteiger partial charge in [-0.1, -0.05) is 27.2 Å². The standard InChI is InChI=1S/C12H26N2/c1-4-11-5-6-14(9-10(2)3)12(7-11)8-13/h10-12H,4-9,13H2,1-3H3. The minimum atomic E-state index is 0.649. The van der Waals surface area contributed by atoms with Gasteiger partial charge in [0.05, 0.1) is 0 Å². The highest BCUT2D eigenvalue weighted by Gasteiger charge is 2.26. The highest BCUT2D eigenvalue weighted by atomic mass is 15.2. The molecule has 1 fully saturated rings. The Morgan fingerprint density at radius 3 is 2.64 bits per heavy atom. The van der Waals surface area contributed by atoms with Gasteiger partial charge in [0.25, 0.3) is 0 Å². The van der Waals surface area contributed by atoms with Crippen molar-refractivity contribution >= 4 is 0 Å². The molecule has 1 saturated heterocycles. The minimum Gasteiger partial charge on any atom is -0.329 e. The molecule has 0 aromatic carbocycles. The van der Waals surface area contributed by atoms with E-state index in [1.807, 2.05) is 0 Å². The molecule has 2 N–H and O–H groups in total. The summed E-state index contributed by atoms with van der Waals surface area (Å²) in [5.74, 6) is 1.69. The average Bonchev–Trinajstić information content (AvgIpc) is 2.17. The average molecular weight is 198 g/mol. The Bertz CT molecular complexity index is 156. The Hall–Kier alpha value is -0.0800. The first kappa shape index (κ1) is 12.0. The minimum absolute atomic E-state index is 0.649. The lowest BCUT2D eigenvalue weighted by Crippen LogP contribution is -2.47. The highest BCUT2D eigenvalue weighted by molar-refractivity contribution is 4.82. The van der Waals surface area contributed by atoms with Crippen molar-refractivity contribution in [3.8, 4) is 0 Å². The van der Waals surface area contributed by atoms with Crippen molar-refractivity contribution in [2.24, 2.45) is 17.6 Å². The second kappa shape index (κ2) is 5.72. The maximum atomic E-state index is 5.84. The normalized spacial score (nSPS) is 29.8. The predicted octanol–water partition coefficient (Wildman–Crippen LogP) is 2.09. The monoisotopic (exact) mass is 198 g/mol. The van der Waals surface area contributed by atoms with Gasteiger partial charge in [0.1, 0.15) is 0 Å². The third-order valence-corrected chi connectivity index (χ3v) is 3.40. The lowest BCUT2D eigenvalue weighted by Gasteiger charge is -2.39. The molecule has 0 saturated carbocycles. The predicted molar refractivity (Wildman–Crippen MR) is 62.3 cm³/mol. The van der Waals surface area contributed by atoms with Crippen LogP contribution in [-0.2, 0) is 0 Å². The van der Waals surface area contributed by atoms with Gasteiger partial charge in [0.2, 0.25) is 0 Å². The number of hydrogen-bond donors (Lipinski definition) is 1. The summed E-state index contributed by atoms with van der Waals surface area (Å²) in [6, 6.07) is 0.649. The summed E-state index contributed by atoms with van der Waals surface area (Å²) in [4.78, 5) is 2.59. The summed E-state index contributed by atoms with van der Waals surface area (Å²) in [6.45, 7) is 10.2. The molecule has 1 aliphatic heterocycles. The topological polar surface area (TPSA) is 29.3 Å². The third kappa shape index (κ3) is 3.25. The summed E-state index contributed by atoms with van der Waals surface area (Å²) < 4.78 is 0. The molecule has 0 bridgehead atoms. The number of nitrogens with two attached hydrogens (primary N) is 1. The summed E-state index contributed by atoms with van der Waals surface area (Å²) in [5, 5.41) is 0. The van der Waals surface area contributed by atoms with Gasteiger partial charge >= 0.3 is 0 Å². The zero-order chi connectivity index (χ0) is 10.6. The Kier molecular flexibility index (Phi) is 4.90. The molecule has 14 heavy (non-hydrogen) atoms. The van der Waals surface area contributed by atoms with Crippen molar-refractivity contribution in [1.82, 2.24) is 4.90 Å². The van der Waals surface area contributed by atoms with Crippen molar-refractivity contribution in [1.29, 1.82) is 0 Å². The van der Waals surface area contributed by atoms with Gasteiger partial charge in [-0.15, -0.1) is 0 Å². The van der Waals surface area contributed by atoms with Crippen LogP contribution in [0.1, 0.15) is 40.0 Å². The van der Waals surface area contributed by atoms with Crippen LogP contribution >= 0.6 is 0 Å². The molecule has 1 rings (SSSR count). The zero-order valence-electron chi connectivity index (χ0n) is 10.00. The highest BCUT2D eigenvalue weighted by Crippen LogP contribution is 2.25. The van der Waals surface area contributed by atoms with Crippen LogP contribution in [-0.4, -0.2) is 30.6 Å². The Labute approximate surface area is 88.8 Å². The SMILES string of the molecule is CCC1CCN(CC(C)C)C(CN)C1. The molecular formula is C12H26N2. The van der Waals surface area contributed by atoms with Crippen LogP contribution in [0.25, 0.3) is 0 Å². The van der Waals surface area contributed by atoms with Gasteiger partial charge < -0.3 is 5.73 Å². The Morgan fingerprint density at radius 2 is 2.14 bits per heavy atom. The molecule has 2 heteroatoms. The van der Waals surface area contributed by atoms with Gasteiger partial charge in [-0.25, -0.2) is 0 Å². The fourth-order valence-corrected chi connectivity index (χ4v) is 2.51. The van der Waals surface area contributed by atoms with Crippen LogP contribution in [0.5, 0.6) is 0 Å². The number of likely N-dealkylation sites (tertiary alicyclic amines) is 1. The third-order valence-electron chi connectivity index (χ3n) is 3.40. The van der Waals surface area contributed by atoms with Crippen LogP contribution < -0.4 is 5.73 Å². The maximum absolute atomic E-state index is 5.84. The summed E-state index contributed by atoms with van der Waals surface area (Å²) in [6.07, 6.45) is 4.02. The van der Waals surface area contributed by atoms with Crippen LogP contribution in [0.2, 0.25) is 0 Å². The summed E-state index contributed by atoms with van der Waals surface area (Å²) >= 11 is 0. The lowest BCUT2D eigenvalue weighted by molar-refractivity contribution is 0.102. The van der Waals surface area contributed by atoms with Crippen LogP contribution in [0.3, 0.4) is 0 Å². The van der Waals surface area contributed by atoms with E-state index in [-0.39, 0.29) is 0 Å². The van der Waals surface area contributed by atoms with Crippen molar-refractivity contribution in [3.63, 3.8) is 0 Å². The lowest BCUT2D eigenvalue weighted by atomic mass is 9.88. The van der Waals surface area contributed by atoms with Gasteiger partial charge in [-0.3, -0.25) is 4.90 Å². The van der Waals surface area contributed by atoms with E-state index in [2.05, 4.69) is 25.7 Å². The number of piperidine rings is 1. The van der Waals surface area contributed by atoms with E-state index in [9.17, 15) is 0 Å². The van der Waals surface area contributed by atoms with E-state index in [1.54, 1.807) is 0 Å². The first-order valence-corrected chi connectivity index (χ1v) is 6.11. The molecule has 0 spiro atoms. The molecule has 2 atom stereocenters. The van der Waals surface area contributed by atoms with E-state index in [0.29, 0.717) is 6.04 Å². The molecule has 84 valence electrons. The van der Waals surface area contributed by atoms with Gasteiger partial charge in [-0.05, 0) is 31.2 Å². The first-order chi connectivity index (χ1) is 6.67. The molecular weight excluding hydrogens is 172 g/mol. The van der Waals surface area contributed by atoms with Crippen LogP contribution in [0.4, 0.5) is 0 Å². The van der Waals surface area contributed by atoms with Crippen molar-refractivity contribution in [3.05, 3.63) is 0 Å². The smallest absolute Gasteiger partial charge is 0.0221 e. The van der Waals surface area contributed by atoms with Crippen molar-refractivity contribution in [2.45, 2.75) is 46.1 Å². The summed E-state index contributed by atoms with van der Waals surface area (Å²) in [7, 11) is 0. The van der Waals surface area contributed by atoms with E-state index < -0.39 is 0 Å². The molecule has 1 aliphatic rings. The second-order valence-electron chi connectivity index (χ2n) is 5.08. The number of rotatable bonds is 4. The Balaban J connectivity index is 2.43. The van der Waals surface area contributed by atoms with E-state index in [4.69, 9.17) is 5.73 Å². The summed E-state index contributed by atoms with van der Waals surface area (Å²) in [5.41, 5.74) is 5.84. The fourth-order valence-electron chi connectivity index (χ4n) is 2.51. The van der Waals surface area contributed by atoms with E-state index >= 15 is 0 Å². The zero-order valence-corrected chi connectivity index (χ0v) is 10.00. The maximum Gasteiger partial charge on any atom is 0.0221 e. The molecule has 2 nitrogen and oxygen atoms in total. The number of hydrogen-bond acceptors (Lipinski definition) is 2. The molecule has 0 aromatic rings. The van der Waals surface area contributed by atoms with E-state index in [1.165, 1.54) is 32.4 Å². The molecule has 2 unspecified atom stereocenters. The van der Waals surface area contributed by atoms with Gasteiger partial charge in [0.15, 0.2) is 0 Å². The van der Waals surface area contributed by atoms with Crippen LogP contribution in [0, 0.1) is 11.8 Å². The van der Waals surface area contributed by atoms with E-state index in [0.717, 1.165) is 18.4 Å². The van der Waals surface area contributed by atoms with Crippen molar-refractivity contribution < 1.29 is 0 Å². The largest absolute Gasteiger partial charge is 0.329 e. The second-order valence-corrected chi connectivity index (χ2v) is 5.08. The number of nitrogens with zero attached hydrogens (tertiary/aromatic N) is 1. The molecule has 0 aromatic heterocycles.